The molecule has 2 aromatic rings. The molecule has 108 valence electrons. The number of sulfonamides is 1. The SMILES string of the molecule is NS(=O)(=O)CCCNCc1c(O)ccc2ccccc12. The first-order valence-electron chi connectivity index (χ1n) is 6.38. The molecule has 0 saturated carbocycles. The summed E-state index contributed by atoms with van der Waals surface area (Å²) in [6.45, 7) is 1.01. The quantitative estimate of drug-likeness (QED) is 0.700. The van der Waals surface area contributed by atoms with Crippen LogP contribution in [0.5, 0.6) is 5.75 Å². The lowest BCUT2D eigenvalue weighted by Crippen LogP contribution is -2.22. The number of aromatic hydroxyl groups is 1. The number of nitrogens with two attached hydrogens (primary N) is 1. The van der Waals surface area contributed by atoms with E-state index >= 15 is 0 Å². The Morgan fingerprint density at radius 3 is 2.65 bits per heavy atom. The third-order valence-electron chi connectivity index (χ3n) is 3.10. The van der Waals surface area contributed by atoms with Crippen molar-refractivity contribution in [3.8, 4) is 5.75 Å². The molecule has 0 unspecified atom stereocenters. The highest BCUT2D eigenvalue weighted by molar-refractivity contribution is 7.89. The van der Waals surface area contributed by atoms with Gasteiger partial charge in [-0.3, -0.25) is 0 Å². The summed E-state index contributed by atoms with van der Waals surface area (Å²) >= 11 is 0. The van der Waals surface area contributed by atoms with Crippen LogP contribution in [0.25, 0.3) is 10.8 Å². The van der Waals surface area contributed by atoms with Crippen LogP contribution in [0.2, 0.25) is 0 Å². The van der Waals surface area contributed by atoms with Gasteiger partial charge in [0.05, 0.1) is 5.75 Å². The number of benzene rings is 2. The van der Waals surface area contributed by atoms with Crippen molar-refractivity contribution in [2.75, 3.05) is 12.3 Å². The van der Waals surface area contributed by atoms with E-state index in [1.165, 1.54) is 0 Å². The standard InChI is InChI=1S/C14H18N2O3S/c15-20(18,19)9-3-8-16-10-13-12-5-2-1-4-11(12)6-7-14(13)17/h1-2,4-7,16-17H,3,8-10H2,(H2,15,18,19). The van der Waals surface area contributed by atoms with E-state index in [2.05, 4.69) is 5.32 Å². The number of rotatable bonds is 6. The van der Waals surface area contributed by atoms with Gasteiger partial charge in [-0.05, 0) is 29.8 Å². The predicted octanol–water partition coefficient (Wildman–Crippen LogP) is 1.31. The van der Waals surface area contributed by atoms with E-state index < -0.39 is 10.0 Å². The highest BCUT2D eigenvalue weighted by atomic mass is 32.2. The van der Waals surface area contributed by atoms with Gasteiger partial charge in [-0.1, -0.05) is 30.3 Å². The van der Waals surface area contributed by atoms with Crippen LogP contribution in [0.4, 0.5) is 0 Å². The lowest BCUT2D eigenvalue weighted by Gasteiger charge is -2.10. The molecule has 0 saturated heterocycles. The van der Waals surface area contributed by atoms with E-state index in [4.69, 9.17) is 5.14 Å². The summed E-state index contributed by atoms with van der Waals surface area (Å²) in [5.41, 5.74) is 0.818. The topological polar surface area (TPSA) is 92.4 Å². The third kappa shape index (κ3) is 3.93. The van der Waals surface area contributed by atoms with Crippen molar-refractivity contribution in [3.63, 3.8) is 0 Å². The highest BCUT2D eigenvalue weighted by Gasteiger charge is 2.06. The number of phenolic OH excluding ortho intramolecular Hbond substituents is 1. The maximum Gasteiger partial charge on any atom is 0.209 e. The normalized spacial score (nSPS) is 11.8. The fourth-order valence-electron chi connectivity index (χ4n) is 2.12. The molecule has 0 aromatic heterocycles. The molecule has 0 fully saturated rings. The Kier molecular flexibility index (Phi) is 4.59. The van der Waals surface area contributed by atoms with Crippen molar-refractivity contribution in [2.45, 2.75) is 13.0 Å². The molecular formula is C14H18N2O3S. The Labute approximate surface area is 118 Å². The van der Waals surface area contributed by atoms with Gasteiger partial charge in [0.1, 0.15) is 5.75 Å². The van der Waals surface area contributed by atoms with Gasteiger partial charge in [-0.25, -0.2) is 13.6 Å². The fourth-order valence-corrected chi connectivity index (χ4v) is 2.67. The van der Waals surface area contributed by atoms with E-state index in [1.54, 1.807) is 6.07 Å². The molecule has 2 aromatic carbocycles. The van der Waals surface area contributed by atoms with Gasteiger partial charge in [-0.15, -0.1) is 0 Å². The van der Waals surface area contributed by atoms with Crippen LogP contribution in [0.15, 0.2) is 36.4 Å². The van der Waals surface area contributed by atoms with E-state index in [-0.39, 0.29) is 11.5 Å². The van der Waals surface area contributed by atoms with Crippen LogP contribution in [-0.4, -0.2) is 25.8 Å². The van der Waals surface area contributed by atoms with Crippen LogP contribution in [0.3, 0.4) is 0 Å². The number of phenols is 1. The van der Waals surface area contributed by atoms with Gasteiger partial charge in [-0.2, -0.15) is 0 Å². The molecule has 0 aliphatic carbocycles. The summed E-state index contributed by atoms with van der Waals surface area (Å²) < 4.78 is 21.6. The molecular weight excluding hydrogens is 276 g/mol. The Bertz CT molecular complexity index is 699. The number of hydrogen-bond donors (Lipinski definition) is 3. The third-order valence-corrected chi connectivity index (χ3v) is 3.96. The van der Waals surface area contributed by atoms with Gasteiger partial charge < -0.3 is 10.4 Å². The predicted molar refractivity (Wildman–Crippen MR) is 79.9 cm³/mol. The first-order valence-corrected chi connectivity index (χ1v) is 8.10. The monoisotopic (exact) mass is 294 g/mol. The molecule has 20 heavy (non-hydrogen) atoms. The molecule has 0 bridgehead atoms. The Hall–Kier alpha value is -1.63. The number of hydrogen-bond acceptors (Lipinski definition) is 4. The molecule has 5 nitrogen and oxygen atoms in total. The molecule has 0 amide bonds. The minimum atomic E-state index is -3.40. The van der Waals surface area contributed by atoms with Crippen molar-refractivity contribution < 1.29 is 13.5 Å². The van der Waals surface area contributed by atoms with Gasteiger partial charge in [0.15, 0.2) is 0 Å². The van der Waals surface area contributed by atoms with Crippen LogP contribution < -0.4 is 10.5 Å². The van der Waals surface area contributed by atoms with Gasteiger partial charge in [0, 0.05) is 12.1 Å². The Morgan fingerprint density at radius 1 is 1.15 bits per heavy atom. The zero-order chi connectivity index (χ0) is 14.6. The van der Waals surface area contributed by atoms with Gasteiger partial charge in [0.25, 0.3) is 0 Å². The smallest absolute Gasteiger partial charge is 0.209 e. The number of primary sulfonamides is 1. The number of fused-ring (bicyclic) bond motifs is 1. The first-order chi connectivity index (χ1) is 9.47. The van der Waals surface area contributed by atoms with Crippen molar-refractivity contribution >= 4 is 20.8 Å². The van der Waals surface area contributed by atoms with Crippen molar-refractivity contribution in [1.29, 1.82) is 0 Å². The van der Waals surface area contributed by atoms with E-state index in [1.807, 2.05) is 30.3 Å². The van der Waals surface area contributed by atoms with E-state index in [0.29, 0.717) is 19.5 Å². The van der Waals surface area contributed by atoms with Crippen molar-refractivity contribution in [1.82, 2.24) is 5.32 Å². The number of nitrogens with one attached hydrogen (secondary N) is 1. The second kappa shape index (κ2) is 6.21. The highest BCUT2D eigenvalue weighted by Crippen LogP contribution is 2.26. The maximum atomic E-state index is 10.8. The zero-order valence-electron chi connectivity index (χ0n) is 11.0. The summed E-state index contributed by atoms with van der Waals surface area (Å²) in [5, 5.41) is 20.1. The fraction of sp³-hybridized carbons (Fsp3) is 0.286. The van der Waals surface area contributed by atoms with Crippen molar-refractivity contribution in [2.24, 2.45) is 5.14 Å². The van der Waals surface area contributed by atoms with Crippen LogP contribution in [0, 0.1) is 0 Å². The molecule has 0 atom stereocenters. The molecule has 6 heteroatoms. The molecule has 0 aliphatic rings. The lowest BCUT2D eigenvalue weighted by atomic mass is 10.0. The van der Waals surface area contributed by atoms with Crippen LogP contribution >= 0.6 is 0 Å². The first kappa shape index (κ1) is 14.8. The van der Waals surface area contributed by atoms with Gasteiger partial charge >= 0.3 is 0 Å². The zero-order valence-corrected chi connectivity index (χ0v) is 11.9. The summed E-state index contributed by atoms with van der Waals surface area (Å²) in [6, 6.07) is 11.4. The molecule has 0 spiro atoms. The largest absolute Gasteiger partial charge is 0.508 e. The van der Waals surface area contributed by atoms with Gasteiger partial charge in [0.2, 0.25) is 10.0 Å². The molecule has 0 radical (unpaired) electrons. The Balaban J connectivity index is 2.01. The minimum Gasteiger partial charge on any atom is -0.508 e. The van der Waals surface area contributed by atoms with E-state index in [0.717, 1.165) is 16.3 Å². The second-order valence-electron chi connectivity index (χ2n) is 4.68. The summed E-state index contributed by atoms with van der Waals surface area (Å²) in [7, 11) is -3.40. The van der Waals surface area contributed by atoms with E-state index in [9.17, 15) is 13.5 Å². The summed E-state index contributed by atoms with van der Waals surface area (Å²) in [4.78, 5) is 0. The average molecular weight is 294 g/mol. The molecule has 0 heterocycles. The molecule has 4 N–H and O–H groups in total. The Morgan fingerprint density at radius 2 is 1.90 bits per heavy atom. The molecule has 2 rings (SSSR count). The lowest BCUT2D eigenvalue weighted by molar-refractivity contribution is 0.466. The van der Waals surface area contributed by atoms with Crippen LogP contribution in [0.1, 0.15) is 12.0 Å². The average Bonchev–Trinajstić information content (AvgIpc) is 2.39. The minimum absolute atomic E-state index is 0.0402. The van der Waals surface area contributed by atoms with Crippen molar-refractivity contribution in [3.05, 3.63) is 42.0 Å². The summed E-state index contributed by atoms with van der Waals surface area (Å²) in [6.07, 6.45) is 0.449. The second-order valence-corrected chi connectivity index (χ2v) is 6.42. The summed E-state index contributed by atoms with van der Waals surface area (Å²) in [5.74, 6) is 0.198. The molecule has 0 aliphatic heterocycles. The van der Waals surface area contributed by atoms with Crippen LogP contribution in [-0.2, 0) is 16.6 Å². The maximum absolute atomic E-state index is 10.8.